The highest BCUT2D eigenvalue weighted by Crippen LogP contribution is 2.47. The highest BCUT2D eigenvalue weighted by molar-refractivity contribution is 5.47. The van der Waals surface area contributed by atoms with Crippen molar-refractivity contribution in [2.45, 2.75) is 24.8 Å². The molecule has 0 unspecified atom stereocenters. The van der Waals surface area contributed by atoms with E-state index in [1.54, 1.807) is 0 Å². The summed E-state index contributed by atoms with van der Waals surface area (Å²) in [7, 11) is 1.28. The molecule has 0 atom stereocenters. The molecule has 1 aromatic rings. The molecule has 0 radical (unpaired) electrons. The normalized spacial score (nSPS) is 16.8. The molecule has 90 valence electrons. The molecule has 17 heavy (non-hydrogen) atoms. The molecule has 1 saturated carbocycles. The molecule has 1 N–H and O–H groups in total. The second-order valence-electron chi connectivity index (χ2n) is 4.10. The van der Waals surface area contributed by atoms with Crippen LogP contribution >= 0.6 is 0 Å². The smallest absolute Gasteiger partial charge is 0.235 e. The van der Waals surface area contributed by atoms with Gasteiger partial charge in [-0.1, -0.05) is 0 Å². The maximum absolute atomic E-state index is 13.6. The summed E-state index contributed by atoms with van der Waals surface area (Å²) < 4.78 is 18.3. The number of ether oxygens (including phenoxy) is 1. The zero-order chi connectivity index (χ0) is 12.5. The summed E-state index contributed by atoms with van der Waals surface area (Å²) in [5, 5.41) is 9.62. The van der Waals surface area contributed by atoms with Gasteiger partial charge in [0.15, 0.2) is 17.3 Å². The van der Waals surface area contributed by atoms with Gasteiger partial charge in [0.25, 0.3) is 0 Å². The summed E-state index contributed by atoms with van der Waals surface area (Å²) in [6.07, 6.45) is 3.75. The fourth-order valence-electron chi connectivity index (χ4n) is 2.11. The lowest BCUT2D eigenvalue weighted by atomic mass is 9.72. The Morgan fingerprint density at radius 2 is 2.24 bits per heavy atom. The molecular formula is C12H12FNO3. The zero-order valence-electron chi connectivity index (χ0n) is 9.36. The van der Waals surface area contributed by atoms with Crippen molar-refractivity contribution in [1.29, 1.82) is 0 Å². The predicted octanol–water partition coefficient (Wildman–Crippen LogP) is 2.25. The molecular weight excluding hydrogens is 225 g/mol. The lowest BCUT2D eigenvalue weighted by Crippen LogP contribution is -2.32. The number of phenolic OH excluding ortho intramolecular Hbond substituents is 1. The van der Waals surface area contributed by atoms with Crippen LogP contribution in [0.15, 0.2) is 17.1 Å². The van der Waals surface area contributed by atoms with Gasteiger partial charge in [0.05, 0.1) is 12.6 Å². The van der Waals surface area contributed by atoms with Crippen molar-refractivity contribution in [1.82, 2.24) is 0 Å². The van der Waals surface area contributed by atoms with Gasteiger partial charge >= 0.3 is 0 Å². The van der Waals surface area contributed by atoms with E-state index < -0.39 is 11.4 Å². The maximum atomic E-state index is 13.6. The van der Waals surface area contributed by atoms with Crippen LogP contribution < -0.4 is 4.74 Å². The predicted molar refractivity (Wildman–Crippen MR) is 58.3 cm³/mol. The first-order valence-electron chi connectivity index (χ1n) is 5.29. The van der Waals surface area contributed by atoms with E-state index in [0.29, 0.717) is 18.4 Å². The number of halogens is 1. The number of nitrogens with zero attached hydrogens (tertiary/aromatic N) is 1. The molecule has 0 aromatic heterocycles. The van der Waals surface area contributed by atoms with E-state index >= 15 is 0 Å². The first-order valence-corrected chi connectivity index (χ1v) is 5.29. The number of hydrogen-bond donors (Lipinski definition) is 1. The Balaban J connectivity index is 2.49. The molecule has 0 saturated heterocycles. The van der Waals surface area contributed by atoms with Gasteiger partial charge in [0, 0.05) is 0 Å². The molecule has 0 heterocycles. The van der Waals surface area contributed by atoms with Crippen LogP contribution in [0.25, 0.3) is 0 Å². The number of methoxy groups -OCH3 is 1. The second-order valence-corrected chi connectivity index (χ2v) is 4.10. The summed E-state index contributed by atoms with van der Waals surface area (Å²) in [5.74, 6) is -1.14. The molecule has 4 nitrogen and oxygen atoms in total. The van der Waals surface area contributed by atoms with E-state index in [1.807, 2.05) is 0 Å². The van der Waals surface area contributed by atoms with Crippen LogP contribution in [0.5, 0.6) is 11.5 Å². The topological polar surface area (TPSA) is 58.9 Å². The Kier molecular flexibility index (Phi) is 2.86. The van der Waals surface area contributed by atoms with Crippen molar-refractivity contribution in [3.8, 4) is 11.5 Å². The van der Waals surface area contributed by atoms with Gasteiger partial charge in [-0.15, -0.1) is 0 Å². The van der Waals surface area contributed by atoms with E-state index in [4.69, 9.17) is 4.74 Å². The minimum absolute atomic E-state index is 0.196. The third-order valence-electron chi connectivity index (χ3n) is 3.21. The second kappa shape index (κ2) is 4.18. The summed E-state index contributed by atoms with van der Waals surface area (Å²) in [4.78, 5) is 14.2. The van der Waals surface area contributed by atoms with Gasteiger partial charge in [-0.2, -0.15) is 4.99 Å². The van der Waals surface area contributed by atoms with Crippen LogP contribution in [-0.2, 0) is 10.3 Å². The minimum Gasteiger partial charge on any atom is -0.504 e. The molecule has 0 aliphatic heterocycles. The van der Waals surface area contributed by atoms with E-state index in [0.717, 1.165) is 6.42 Å². The highest BCUT2D eigenvalue weighted by Gasteiger charge is 2.39. The van der Waals surface area contributed by atoms with Crippen LogP contribution in [0.3, 0.4) is 0 Å². The molecule has 1 aromatic carbocycles. The van der Waals surface area contributed by atoms with E-state index in [-0.39, 0.29) is 11.5 Å². The standard InChI is InChI=1S/C12H12FNO3/c1-17-11-9(13)5-8(6-10(11)16)12(14-7-15)3-2-4-12/h5-6,16H,2-4H2,1H3. The van der Waals surface area contributed by atoms with Crippen molar-refractivity contribution in [3.05, 3.63) is 23.5 Å². The Bertz CT molecular complexity index is 468. The van der Waals surface area contributed by atoms with Gasteiger partial charge in [-0.05, 0) is 37.0 Å². The molecule has 1 aliphatic carbocycles. The SMILES string of the molecule is COc1c(O)cc(C2(N=C=O)CCC2)cc1F. The number of aromatic hydroxyl groups is 1. The molecule has 5 heteroatoms. The Morgan fingerprint density at radius 1 is 1.53 bits per heavy atom. The highest BCUT2D eigenvalue weighted by atomic mass is 19.1. The molecule has 0 spiro atoms. The quantitative estimate of drug-likeness (QED) is 0.648. The van der Waals surface area contributed by atoms with Gasteiger partial charge in [-0.25, -0.2) is 9.18 Å². The number of isocyanates is 1. The minimum atomic E-state index is -0.716. The monoisotopic (exact) mass is 237 g/mol. The number of carbonyl (C=O) groups excluding carboxylic acids is 1. The van der Waals surface area contributed by atoms with Crippen molar-refractivity contribution < 1.29 is 19.0 Å². The molecule has 1 aliphatic rings. The zero-order valence-corrected chi connectivity index (χ0v) is 9.36. The van der Waals surface area contributed by atoms with Crippen LogP contribution in [0.1, 0.15) is 24.8 Å². The fraction of sp³-hybridized carbons (Fsp3) is 0.417. The van der Waals surface area contributed by atoms with E-state index in [2.05, 4.69) is 4.99 Å². The van der Waals surface area contributed by atoms with Crippen molar-refractivity contribution in [3.63, 3.8) is 0 Å². The molecule has 0 amide bonds. The Morgan fingerprint density at radius 3 is 2.65 bits per heavy atom. The summed E-state index contributed by atoms with van der Waals surface area (Å²) >= 11 is 0. The van der Waals surface area contributed by atoms with Gasteiger partial charge < -0.3 is 9.84 Å². The number of rotatable bonds is 3. The number of aliphatic imine (C=N–C) groups is 1. The van der Waals surface area contributed by atoms with E-state index in [9.17, 15) is 14.3 Å². The Hall–Kier alpha value is -1.87. The van der Waals surface area contributed by atoms with Crippen LogP contribution in [-0.4, -0.2) is 18.3 Å². The van der Waals surface area contributed by atoms with Gasteiger partial charge in [0.2, 0.25) is 6.08 Å². The van der Waals surface area contributed by atoms with Crippen LogP contribution in [0, 0.1) is 5.82 Å². The van der Waals surface area contributed by atoms with Gasteiger partial charge in [0.1, 0.15) is 0 Å². The lowest BCUT2D eigenvalue weighted by molar-refractivity contribution is 0.252. The van der Waals surface area contributed by atoms with Crippen LogP contribution in [0.4, 0.5) is 4.39 Å². The first kappa shape index (κ1) is 11.6. The number of phenols is 1. The van der Waals surface area contributed by atoms with Crippen molar-refractivity contribution in [2.75, 3.05) is 7.11 Å². The average molecular weight is 237 g/mol. The average Bonchev–Trinajstić information content (AvgIpc) is 2.23. The first-order chi connectivity index (χ1) is 8.13. The molecule has 1 fully saturated rings. The van der Waals surface area contributed by atoms with Crippen LogP contribution in [0.2, 0.25) is 0 Å². The Labute approximate surface area is 97.7 Å². The third kappa shape index (κ3) is 1.78. The summed E-state index contributed by atoms with van der Waals surface area (Å²) in [6.45, 7) is 0. The molecule has 2 rings (SSSR count). The van der Waals surface area contributed by atoms with Gasteiger partial charge in [-0.3, -0.25) is 0 Å². The van der Waals surface area contributed by atoms with Crippen molar-refractivity contribution in [2.24, 2.45) is 4.99 Å². The number of hydrogen-bond acceptors (Lipinski definition) is 4. The fourth-order valence-corrected chi connectivity index (χ4v) is 2.11. The third-order valence-corrected chi connectivity index (χ3v) is 3.21. The number of benzene rings is 1. The largest absolute Gasteiger partial charge is 0.504 e. The molecule has 0 bridgehead atoms. The lowest BCUT2D eigenvalue weighted by Gasteiger charge is -2.37. The maximum Gasteiger partial charge on any atom is 0.235 e. The van der Waals surface area contributed by atoms with Crippen molar-refractivity contribution >= 4 is 6.08 Å². The summed E-state index contributed by atoms with van der Waals surface area (Å²) in [5.41, 5.74) is -0.227. The van der Waals surface area contributed by atoms with E-state index in [1.165, 1.54) is 25.3 Å². The summed E-state index contributed by atoms with van der Waals surface area (Å²) in [6, 6.07) is 2.64.